The second kappa shape index (κ2) is 8.69. The molecule has 0 saturated carbocycles. The third-order valence-electron chi connectivity index (χ3n) is 5.11. The standard InChI is InChI=1S/C25H18ClNO5/c26-19-13-11-16(12-14-19)20-15-21(28)32-25(20,23(27)29)24(30)31-22(17-7-3-1-4-8-17)18-9-5-2-6-10-18/h1-15,22H,(H2,27,29). The van der Waals surface area contributed by atoms with E-state index in [9.17, 15) is 14.4 Å². The smallest absolute Gasteiger partial charge is 0.366 e. The van der Waals surface area contributed by atoms with Crippen LogP contribution in [-0.4, -0.2) is 23.4 Å². The molecule has 2 N–H and O–H groups in total. The molecule has 3 aromatic carbocycles. The van der Waals surface area contributed by atoms with E-state index in [0.29, 0.717) is 21.7 Å². The summed E-state index contributed by atoms with van der Waals surface area (Å²) in [4.78, 5) is 38.3. The summed E-state index contributed by atoms with van der Waals surface area (Å²) in [5.41, 5.74) is 4.93. The minimum absolute atomic E-state index is 0.00320. The van der Waals surface area contributed by atoms with Crippen molar-refractivity contribution >= 4 is 35.0 Å². The van der Waals surface area contributed by atoms with Gasteiger partial charge in [-0.1, -0.05) is 84.4 Å². The summed E-state index contributed by atoms with van der Waals surface area (Å²) >= 11 is 5.95. The van der Waals surface area contributed by atoms with Crippen LogP contribution in [-0.2, 0) is 23.9 Å². The van der Waals surface area contributed by atoms with E-state index in [1.54, 1.807) is 72.8 Å². The van der Waals surface area contributed by atoms with Crippen molar-refractivity contribution in [3.63, 3.8) is 0 Å². The van der Waals surface area contributed by atoms with Gasteiger partial charge in [0.1, 0.15) is 0 Å². The Morgan fingerprint density at radius 3 is 1.91 bits per heavy atom. The molecule has 0 radical (unpaired) electrons. The fourth-order valence-electron chi connectivity index (χ4n) is 3.58. The van der Waals surface area contributed by atoms with Gasteiger partial charge in [-0.25, -0.2) is 9.59 Å². The van der Waals surface area contributed by atoms with E-state index in [1.807, 2.05) is 12.1 Å². The van der Waals surface area contributed by atoms with E-state index in [4.69, 9.17) is 26.8 Å². The van der Waals surface area contributed by atoms with Crippen LogP contribution in [0.1, 0.15) is 22.8 Å². The monoisotopic (exact) mass is 447 g/mol. The van der Waals surface area contributed by atoms with Crippen molar-refractivity contribution in [1.82, 2.24) is 0 Å². The molecule has 0 fully saturated rings. The van der Waals surface area contributed by atoms with Gasteiger partial charge in [-0.05, 0) is 28.8 Å². The number of hydrogen-bond acceptors (Lipinski definition) is 5. The summed E-state index contributed by atoms with van der Waals surface area (Å²) < 4.78 is 11.0. The van der Waals surface area contributed by atoms with Gasteiger partial charge >= 0.3 is 17.5 Å². The van der Waals surface area contributed by atoms with Crippen molar-refractivity contribution in [2.24, 2.45) is 5.73 Å². The third-order valence-corrected chi connectivity index (χ3v) is 5.37. The number of carbonyl (C=O) groups excluding carboxylic acids is 3. The number of primary amides is 1. The third kappa shape index (κ3) is 3.88. The maximum atomic E-state index is 13.5. The van der Waals surface area contributed by atoms with Crippen molar-refractivity contribution < 1.29 is 23.9 Å². The summed E-state index contributed by atoms with van der Waals surface area (Å²) in [6.07, 6.45) is 0.210. The Morgan fingerprint density at radius 1 is 0.875 bits per heavy atom. The molecule has 32 heavy (non-hydrogen) atoms. The van der Waals surface area contributed by atoms with Crippen molar-refractivity contribution in [3.05, 3.63) is 113 Å². The number of ether oxygens (including phenoxy) is 2. The molecule has 1 aliphatic heterocycles. The normalized spacial score (nSPS) is 17.6. The number of cyclic esters (lactones) is 1. The maximum absolute atomic E-state index is 13.5. The Balaban J connectivity index is 1.77. The number of rotatable bonds is 6. The van der Waals surface area contributed by atoms with Gasteiger partial charge < -0.3 is 15.2 Å². The number of carbonyl (C=O) groups is 3. The van der Waals surface area contributed by atoms with Crippen molar-refractivity contribution in [1.29, 1.82) is 0 Å². The average molecular weight is 448 g/mol. The molecule has 0 spiro atoms. The molecule has 0 saturated heterocycles. The quantitative estimate of drug-likeness (QED) is 0.457. The van der Waals surface area contributed by atoms with Gasteiger partial charge in [0.05, 0.1) is 0 Å². The maximum Gasteiger partial charge on any atom is 0.366 e. The van der Waals surface area contributed by atoms with Gasteiger partial charge in [-0.15, -0.1) is 0 Å². The largest absolute Gasteiger partial charge is 0.449 e. The number of esters is 2. The van der Waals surface area contributed by atoms with E-state index in [-0.39, 0.29) is 5.57 Å². The molecular formula is C25H18ClNO5. The molecule has 1 aliphatic rings. The highest BCUT2D eigenvalue weighted by molar-refractivity contribution is 6.30. The molecule has 1 unspecified atom stereocenters. The van der Waals surface area contributed by atoms with E-state index >= 15 is 0 Å². The van der Waals surface area contributed by atoms with Crippen LogP contribution in [0.3, 0.4) is 0 Å². The van der Waals surface area contributed by atoms with Crippen molar-refractivity contribution in [2.45, 2.75) is 11.7 Å². The number of amides is 1. The second-order valence-electron chi connectivity index (χ2n) is 7.14. The summed E-state index contributed by atoms with van der Waals surface area (Å²) in [6.45, 7) is 0. The molecule has 6 nitrogen and oxygen atoms in total. The average Bonchev–Trinajstić information content (AvgIpc) is 3.17. The molecule has 0 aliphatic carbocycles. The zero-order valence-electron chi connectivity index (χ0n) is 16.7. The van der Waals surface area contributed by atoms with E-state index in [0.717, 1.165) is 6.08 Å². The van der Waals surface area contributed by atoms with Crippen LogP contribution in [0.2, 0.25) is 5.02 Å². The van der Waals surface area contributed by atoms with Crippen LogP contribution in [0.25, 0.3) is 5.57 Å². The first kappa shape index (κ1) is 21.3. The first-order chi connectivity index (χ1) is 15.4. The lowest BCUT2D eigenvalue weighted by Crippen LogP contribution is -2.53. The lowest BCUT2D eigenvalue weighted by atomic mass is 9.88. The molecule has 0 bridgehead atoms. The summed E-state index contributed by atoms with van der Waals surface area (Å²) in [5, 5.41) is 0.445. The molecule has 1 amide bonds. The zero-order valence-corrected chi connectivity index (χ0v) is 17.5. The van der Waals surface area contributed by atoms with Gasteiger partial charge in [-0.3, -0.25) is 4.79 Å². The first-order valence-corrected chi connectivity index (χ1v) is 10.1. The van der Waals surface area contributed by atoms with Gasteiger partial charge in [-0.2, -0.15) is 0 Å². The minimum atomic E-state index is -2.42. The van der Waals surface area contributed by atoms with Crippen LogP contribution in [0.4, 0.5) is 0 Å². The number of halogens is 1. The Hall–Kier alpha value is -3.90. The summed E-state index contributed by atoms with van der Waals surface area (Å²) in [7, 11) is 0. The molecule has 7 heteroatoms. The second-order valence-corrected chi connectivity index (χ2v) is 7.57. The number of benzene rings is 3. The highest BCUT2D eigenvalue weighted by Gasteiger charge is 2.58. The van der Waals surface area contributed by atoms with Crippen LogP contribution in [0.5, 0.6) is 0 Å². The fourth-order valence-corrected chi connectivity index (χ4v) is 3.71. The van der Waals surface area contributed by atoms with E-state index < -0.39 is 29.6 Å². The SMILES string of the molecule is NC(=O)C1(C(=O)OC(c2ccccc2)c2ccccc2)OC(=O)C=C1c1ccc(Cl)cc1. The Labute approximate surface area is 189 Å². The topological polar surface area (TPSA) is 95.7 Å². The molecule has 0 aromatic heterocycles. The number of hydrogen-bond donors (Lipinski definition) is 1. The van der Waals surface area contributed by atoms with Crippen LogP contribution in [0, 0.1) is 0 Å². The lowest BCUT2D eigenvalue weighted by Gasteiger charge is -2.28. The van der Waals surface area contributed by atoms with Crippen LogP contribution >= 0.6 is 11.6 Å². The lowest BCUT2D eigenvalue weighted by molar-refractivity contribution is -0.176. The molecule has 160 valence electrons. The summed E-state index contributed by atoms with van der Waals surface area (Å²) in [6, 6.07) is 24.3. The fraction of sp³-hybridized carbons (Fsp3) is 0.0800. The number of nitrogens with two attached hydrogens (primary N) is 1. The Kier molecular flexibility index (Phi) is 5.79. The molecular weight excluding hydrogens is 430 g/mol. The predicted molar refractivity (Wildman–Crippen MR) is 118 cm³/mol. The van der Waals surface area contributed by atoms with Gasteiger partial charge in [0, 0.05) is 16.7 Å². The predicted octanol–water partition coefficient (Wildman–Crippen LogP) is 3.84. The van der Waals surface area contributed by atoms with E-state index in [1.165, 1.54) is 0 Å². The minimum Gasteiger partial charge on any atom is -0.449 e. The van der Waals surface area contributed by atoms with E-state index in [2.05, 4.69) is 0 Å². The van der Waals surface area contributed by atoms with Gasteiger partial charge in [0.15, 0.2) is 6.10 Å². The van der Waals surface area contributed by atoms with Crippen LogP contribution < -0.4 is 5.73 Å². The van der Waals surface area contributed by atoms with Crippen molar-refractivity contribution in [2.75, 3.05) is 0 Å². The molecule has 4 rings (SSSR count). The highest BCUT2D eigenvalue weighted by atomic mass is 35.5. The molecule has 1 heterocycles. The first-order valence-electron chi connectivity index (χ1n) is 9.74. The van der Waals surface area contributed by atoms with Crippen LogP contribution in [0.15, 0.2) is 91.0 Å². The molecule has 1 atom stereocenters. The zero-order chi connectivity index (χ0) is 22.7. The highest BCUT2D eigenvalue weighted by Crippen LogP contribution is 2.39. The Morgan fingerprint density at radius 2 is 1.41 bits per heavy atom. The van der Waals surface area contributed by atoms with Crippen molar-refractivity contribution in [3.8, 4) is 0 Å². The Bertz CT molecular complexity index is 1150. The summed E-state index contributed by atoms with van der Waals surface area (Å²) in [5.74, 6) is -3.12. The van der Waals surface area contributed by atoms with Gasteiger partial charge in [0.2, 0.25) is 0 Å². The molecule has 3 aromatic rings. The van der Waals surface area contributed by atoms with Gasteiger partial charge in [0.25, 0.3) is 5.91 Å².